The SMILES string of the molecule is Cc1cc(C(F)F)nc(F)c1C#N. The summed E-state index contributed by atoms with van der Waals surface area (Å²) in [5.41, 5.74) is -0.760. The zero-order valence-corrected chi connectivity index (χ0v) is 6.68. The highest BCUT2D eigenvalue weighted by Gasteiger charge is 2.14. The Kier molecular flexibility index (Phi) is 2.52. The quantitative estimate of drug-likeness (QED) is 0.631. The van der Waals surface area contributed by atoms with Crippen molar-refractivity contribution in [3.63, 3.8) is 0 Å². The molecule has 0 aliphatic heterocycles. The maximum atomic E-state index is 12.8. The number of hydrogen-bond acceptors (Lipinski definition) is 2. The Bertz CT molecular complexity index is 345. The van der Waals surface area contributed by atoms with Gasteiger partial charge in [0.1, 0.15) is 17.3 Å². The van der Waals surface area contributed by atoms with Gasteiger partial charge in [0.2, 0.25) is 5.95 Å². The summed E-state index contributed by atoms with van der Waals surface area (Å²) in [7, 11) is 0. The van der Waals surface area contributed by atoms with Crippen molar-refractivity contribution in [2.45, 2.75) is 13.3 Å². The van der Waals surface area contributed by atoms with Crippen LogP contribution >= 0.6 is 0 Å². The lowest BCUT2D eigenvalue weighted by Gasteiger charge is -2.02. The van der Waals surface area contributed by atoms with E-state index in [0.717, 1.165) is 6.07 Å². The van der Waals surface area contributed by atoms with Crippen molar-refractivity contribution < 1.29 is 13.2 Å². The third-order valence-electron chi connectivity index (χ3n) is 1.53. The average molecular weight is 186 g/mol. The van der Waals surface area contributed by atoms with Crippen LogP contribution in [0.1, 0.15) is 23.2 Å². The van der Waals surface area contributed by atoms with Crippen molar-refractivity contribution in [3.8, 4) is 6.07 Å². The number of hydrogen-bond donors (Lipinski definition) is 0. The van der Waals surface area contributed by atoms with Crippen LogP contribution in [0, 0.1) is 24.2 Å². The van der Waals surface area contributed by atoms with Gasteiger partial charge in [-0.1, -0.05) is 0 Å². The summed E-state index contributed by atoms with van der Waals surface area (Å²) in [6.07, 6.45) is -2.82. The topological polar surface area (TPSA) is 36.7 Å². The van der Waals surface area contributed by atoms with Crippen LogP contribution in [0.15, 0.2) is 6.07 Å². The minimum atomic E-state index is -2.82. The van der Waals surface area contributed by atoms with Gasteiger partial charge in [0, 0.05) is 0 Å². The fourth-order valence-corrected chi connectivity index (χ4v) is 0.904. The molecule has 0 aliphatic rings. The highest BCUT2D eigenvalue weighted by molar-refractivity contribution is 5.36. The monoisotopic (exact) mass is 186 g/mol. The van der Waals surface area contributed by atoms with E-state index in [4.69, 9.17) is 5.26 Å². The van der Waals surface area contributed by atoms with Crippen molar-refractivity contribution in [3.05, 3.63) is 28.8 Å². The first-order valence-electron chi connectivity index (χ1n) is 3.41. The van der Waals surface area contributed by atoms with Gasteiger partial charge in [0.25, 0.3) is 6.43 Å². The molecule has 1 aromatic heterocycles. The lowest BCUT2D eigenvalue weighted by atomic mass is 10.1. The number of aromatic nitrogens is 1. The number of nitriles is 1. The lowest BCUT2D eigenvalue weighted by molar-refractivity contribution is 0.144. The van der Waals surface area contributed by atoms with E-state index in [0.29, 0.717) is 0 Å². The molecule has 0 unspecified atom stereocenters. The summed E-state index contributed by atoms with van der Waals surface area (Å²) in [6.45, 7) is 1.38. The number of rotatable bonds is 1. The van der Waals surface area contributed by atoms with Crippen LogP contribution < -0.4 is 0 Å². The first-order valence-corrected chi connectivity index (χ1v) is 3.41. The van der Waals surface area contributed by atoms with Crippen molar-refractivity contribution in [2.75, 3.05) is 0 Å². The molecule has 0 radical (unpaired) electrons. The first-order chi connectivity index (χ1) is 6.06. The van der Waals surface area contributed by atoms with Crippen molar-refractivity contribution in [1.82, 2.24) is 4.98 Å². The van der Waals surface area contributed by atoms with Gasteiger partial charge >= 0.3 is 0 Å². The minimum Gasteiger partial charge on any atom is -0.218 e. The summed E-state index contributed by atoms with van der Waals surface area (Å²) >= 11 is 0. The van der Waals surface area contributed by atoms with Crippen LogP contribution in [0.4, 0.5) is 13.2 Å². The summed E-state index contributed by atoms with van der Waals surface area (Å²) in [6, 6.07) is 2.55. The molecule has 5 heteroatoms. The largest absolute Gasteiger partial charge is 0.280 e. The second-order valence-corrected chi connectivity index (χ2v) is 2.44. The molecule has 13 heavy (non-hydrogen) atoms. The summed E-state index contributed by atoms with van der Waals surface area (Å²) in [5.74, 6) is -1.14. The number of alkyl halides is 2. The molecule has 0 aliphatic carbocycles. The van der Waals surface area contributed by atoms with Gasteiger partial charge in [-0.2, -0.15) is 9.65 Å². The maximum Gasteiger partial charge on any atom is 0.280 e. The molecule has 0 saturated carbocycles. The molecule has 0 atom stereocenters. The third-order valence-corrected chi connectivity index (χ3v) is 1.53. The van der Waals surface area contributed by atoms with E-state index in [1.54, 1.807) is 6.07 Å². The maximum absolute atomic E-state index is 12.8. The lowest BCUT2D eigenvalue weighted by Crippen LogP contribution is -1.99. The molecule has 0 aromatic carbocycles. The molecule has 68 valence electrons. The Morgan fingerprint density at radius 1 is 1.54 bits per heavy atom. The molecule has 1 rings (SSSR count). The Hall–Kier alpha value is -1.57. The van der Waals surface area contributed by atoms with Crippen molar-refractivity contribution in [2.24, 2.45) is 0 Å². The van der Waals surface area contributed by atoms with Crippen LogP contribution in [0.2, 0.25) is 0 Å². The van der Waals surface area contributed by atoms with Gasteiger partial charge in [-0.25, -0.2) is 13.8 Å². The summed E-state index contributed by atoms with van der Waals surface area (Å²) in [5, 5.41) is 8.41. The first kappa shape index (κ1) is 9.52. The van der Waals surface area contributed by atoms with Gasteiger partial charge in [-0.05, 0) is 18.6 Å². The molecule has 1 heterocycles. The molecule has 0 spiro atoms. The van der Waals surface area contributed by atoms with Crippen molar-refractivity contribution >= 4 is 0 Å². The Balaban J connectivity index is 3.30. The average Bonchev–Trinajstić information content (AvgIpc) is 2.03. The molecule has 0 amide bonds. The van der Waals surface area contributed by atoms with Gasteiger partial charge in [-0.3, -0.25) is 0 Å². The van der Waals surface area contributed by atoms with Crippen LogP contribution in [0.3, 0.4) is 0 Å². The Morgan fingerprint density at radius 3 is 2.54 bits per heavy atom. The fraction of sp³-hybridized carbons (Fsp3) is 0.250. The van der Waals surface area contributed by atoms with Crippen LogP contribution in [0.5, 0.6) is 0 Å². The molecule has 0 fully saturated rings. The van der Waals surface area contributed by atoms with E-state index < -0.39 is 18.1 Å². The number of nitrogens with zero attached hydrogens (tertiary/aromatic N) is 2. The van der Waals surface area contributed by atoms with Crippen LogP contribution in [-0.2, 0) is 0 Å². The van der Waals surface area contributed by atoms with E-state index in [9.17, 15) is 13.2 Å². The minimum absolute atomic E-state index is 0.172. The molecular weight excluding hydrogens is 181 g/mol. The van der Waals surface area contributed by atoms with Crippen LogP contribution in [-0.4, -0.2) is 4.98 Å². The normalized spacial score (nSPS) is 10.2. The predicted molar refractivity (Wildman–Crippen MR) is 38.6 cm³/mol. The number of halogens is 3. The molecule has 0 saturated heterocycles. The van der Waals surface area contributed by atoms with Gasteiger partial charge in [0.15, 0.2) is 0 Å². The van der Waals surface area contributed by atoms with Crippen molar-refractivity contribution in [1.29, 1.82) is 5.26 Å². The van der Waals surface area contributed by atoms with E-state index >= 15 is 0 Å². The standard InChI is InChI=1S/C8H5F3N2/c1-4-2-6(7(9)10)13-8(11)5(4)3-12/h2,7H,1H3. The molecule has 0 N–H and O–H groups in total. The van der Waals surface area contributed by atoms with E-state index in [-0.39, 0.29) is 11.1 Å². The van der Waals surface area contributed by atoms with Gasteiger partial charge in [-0.15, -0.1) is 0 Å². The number of pyridine rings is 1. The zero-order chi connectivity index (χ0) is 10.0. The summed E-state index contributed by atoms with van der Waals surface area (Å²) < 4.78 is 36.9. The van der Waals surface area contributed by atoms with E-state index in [1.807, 2.05) is 0 Å². The molecule has 1 aromatic rings. The van der Waals surface area contributed by atoms with E-state index in [2.05, 4.69) is 4.98 Å². The molecule has 0 bridgehead atoms. The molecular formula is C8H5F3N2. The Morgan fingerprint density at radius 2 is 2.15 bits per heavy atom. The van der Waals surface area contributed by atoms with Crippen LogP contribution in [0.25, 0.3) is 0 Å². The predicted octanol–water partition coefficient (Wildman–Crippen LogP) is 2.34. The smallest absolute Gasteiger partial charge is 0.218 e. The highest BCUT2D eigenvalue weighted by Crippen LogP contribution is 2.20. The second-order valence-electron chi connectivity index (χ2n) is 2.44. The van der Waals surface area contributed by atoms with Gasteiger partial charge in [0.05, 0.1) is 0 Å². The third kappa shape index (κ3) is 1.78. The number of aryl methyl sites for hydroxylation is 1. The fourth-order valence-electron chi connectivity index (χ4n) is 0.904. The Labute approximate surface area is 72.6 Å². The van der Waals surface area contributed by atoms with Gasteiger partial charge < -0.3 is 0 Å². The van der Waals surface area contributed by atoms with E-state index in [1.165, 1.54) is 6.92 Å². The highest BCUT2D eigenvalue weighted by atomic mass is 19.3. The second kappa shape index (κ2) is 3.44. The molecule has 2 nitrogen and oxygen atoms in total. The summed E-state index contributed by atoms with van der Waals surface area (Å²) in [4.78, 5) is 2.97. The zero-order valence-electron chi connectivity index (χ0n) is 6.68.